The number of nitrogen functional groups attached to an aromatic ring is 1. The van der Waals surface area contributed by atoms with E-state index < -0.39 is 0 Å². The van der Waals surface area contributed by atoms with Crippen molar-refractivity contribution in [1.82, 2.24) is 0 Å². The molecule has 3 N–H and O–H groups in total. The first-order chi connectivity index (χ1) is 7.58. The Bertz CT molecular complexity index is 394. The number of nitrogens with one attached hydrogen (secondary N) is 1. The lowest BCUT2D eigenvalue weighted by Crippen LogP contribution is -2.05. The zero-order chi connectivity index (χ0) is 12.1. The molecule has 88 valence electrons. The van der Waals surface area contributed by atoms with Crippen LogP contribution in [0.25, 0.3) is 0 Å². The van der Waals surface area contributed by atoms with Crippen LogP contribution in [0.1, 0.15) is 0 Å². The molecule has 0 saturated carbocycles. The summed E-state index contributed by atoms with van der Waals surface area (Å²) in [6.07, 6.45) is 0. The van der Waals surface area contributed by atoms with Gasteiger partial charge in [-0.25, -0.2) is 0 Å². The molecule has 0 unspecified atom stereocenters. The minimum absolute atomic E-state index is 0.446. The van der Waals surface area contributed by atoms with Gasteiger partial charge >= 0.3 is 0 Å². The third-order valence-electron chi connectivity index (χ3n) is 2.03. The minimum Gasteiger partial charge on any atom is -0.493 e. The van der Waals surface area contributed by atoms with Gasteiger partial charge in [-0.15, -0.1) is 0 Å². The topological polar surface area (TPSA) is 56.5 Å². The number of hydrogen-bond acceptors (Lipinski definition) is 4. The van der Waals surface area contributed by atoms with Crippen LogP contribution in [0.3, 0.4) is 0 Å². The third-order valence-corrected chi connectivity index (χ3v) is 2.16. The Balaban J connectivity index is 2.96. The van der Waals surface area contributed by atoms with Crippen LogP contribution in [0.2, 0.25) is 0 Å². The lowest BCUT2D eigenvalue weighted by molar-refractivity contribution is 0.355. The second-order valence-corrected chi connectivity index (χ2v) is 3.70. The lowest BCUT2D eigenvalue weighted by atomic mass is 10.2. The van der Waals surface area contributed by atoms with Gasteiger partial charge in [-0.3, -0.25) is 0 Å². The number of nitrogens with two attached hydrogens (primary N) is 1. The summed E-state index contributed by atoms with van der Waals surface area (Å²) in [5.74, 6) is 1.20. The van der Waals surface area contributed by atoms with Crippen LogP contribution >= 0.6 is 11.6 Å². The molecule has 0 amide bonds. The number of hydrogen-bond donors (Lipinski definition) is 2. The average Bonchev–Trinajstić information content (AvgIpc) is 2.26. The van der Waals surface area contributed by atoms with Crippen molar-refractivity contribution in [3.05, 3.63) is 23.7 Å². The predicted octanol–water partition coefficient (Wildman–Crippen LogP) is 2.45. The number of benzene rings is 1. The van der Waals surface area contributed by atoms with Crippen molar-refractivity contribution < 1.29 is 9.47 Å². The summed E-state index contributed by atoms with van der Waals surface area (Å²) < 4.78 is 10.3. The second-order valence-electron chi connectivity index (χ2n) is 3.17. The van der Waals surface area contributed by atoms with Gasteiger partial charge in [0.2, 0.25) is 0 Å². The summed E-state index contributed by atoms with van der Waals surface area (Å²) in [6.45, 7) is 4.03. The second kappa shape index (κ2) is 5.51. The molecule has 0 aliphatic carbocycles. The van der Waals surface area contributed by atoms with Gasteiger partial charge in [-0.2, -0.15) is 0 Å². The number of ether oxygens (including phenoxy) is 2. The monoisotopic (exact) mass is 242 g/mol. The van der Waals surface area contributed by atoms with E-state index >= 15 is 0 Å². The number of methoxy groups -OCH3 is 2. The van der Waals surface area contributed by atoms with Crippen LogP contribution in [0.15, 0.2) is 23.7 Å². The summed E-state index contributed by atoms with van der Waals surface area (Å²) >= 11 is 5.66. The summed E-state index contributed by atoms with van der Waals surface area (Å²) in [7, 11) is 3.13. The molecule has 5 heteroatoms. The van der Waals surface area contributed by atoms with Gasteiger partial charge in [0, 0.05) is 17.2 Å². The molecule has 0 fully saturated rings. The highest BCUT2D eigenvalue weighted by Crippen LogP contribution is 2.34. The van der Waals surface area contributed by atoms with Gasteiger partial charge in [0.15, 0.2) is 11.5 Å². The zero-order valence-electron chi connectivity index (χ0n) is 9.34. The Morgan fingerprint density at radius 1 is 1.38 bits per heavy atom. The number of rotatable bonds is 5. The predicted molar refractivity (Wildman–Crippen MR) is 67.4 cm³/mol. The van der Waals surface area contributed by atoms with Crippen molar-refractivity contribution >= 4 is 23.0 Å². The van der Waals surface area contributed by atoms with Gasteiger partial charge in [-0.1, -0.05) is 18.2 Å². The Morgan fingerprint density at radius 2 is 1.94 bits per heavy atom. The van der Waals surface area contributed by atoms with E-state index in [1.807, 2.05) is 0 Å². The Labute approximate surface area is 100.0 Å². The van der Waals surface area contributed by atoms with Crippen molar-refractivity contribution in [3.63, 3.8) is 0 Å². The quantitative estimate of drug-likeness (QED) is 0.779. The number of halogens is 1. The van der Waals surface area contributed by atoms with E-state index in [4.69, 9.17) is 26.8 Å². The lowest BCUT2D eigenvalue weighted by Gasteiger charge is -2.13. The highest BCUT2D eigenvalue weighted by atomic mass is 35.5. The summed E-state index contributed by atoms with van der Waals surface area (Å²) in [4.78, 5) is 0. The van der Waals surface area contributed by atoms with E-state index in [9.17, 15) is 0 Å². The molecule has 0 heterocycles. The average molecular weight is 243 g/mol. The van der Waals surface area contributed by atoms with Gasteiger partial charge in [0.1, 0.15) is 0 Å². The molecule has 4 nitrogen and oxygen atoms in total. The van der Waals surface area contributed by atoms with Crippen LogP contribution in [-0.4, -0.2) is 20.8 Å². The van der Waals surface area contributed by atoms with Crippen molar-refractivity contribution in [3.8, 4) is 11.5 Å². The molecule has 1 rings (SSSR count). The molecule has 16 heavy (non-hydrogen) atoms. The normalized spacial score (nSPS) is 9.69. The molecule has 1 aromatic rings. The van der Waals surface area contributed by atoms with Crippen LogP contribution in [0, 0.1) is 0 Å². The maximum absolute atomic E-state index is 5.84. The van der Waals surface area contributed by atoms with E-state index in [-0.39, 0.29) is 0 Å². The van der Waals surface area contributed by atoms with Gasteiger partial charge in [0.25, 0.3) is 0 Å². The molecule has 0 aromatic heterocycles. The molecule has 0 bridgehead atoms. The minimum atomic E-state index is 0.446. The van der Waals surface area contributed by atoms with Crippen LogP contribution in [0.4, 0.5) is 11.4 Å². The van der Waals surface area contributed by atoms with Crippen LogP contribution in [0.5, 0.6) is 11.5 Å². The maximum atomic E-state index is 5.84. The Kier molecular flexibility index (Phi) is 4.31. The summed E-state index contributed by atoms with van der Waals surface area (Å²) in [5.41, 5.74) is 7.14. The molecule has 0 spiro atoms. The SMILES string of the molecule is C=C(Cl)CNc1cc(OC)c(OC)cc1N. The van der Waals surface area contributed by atoms with E-state index in [1.54, 1.807) is 26.4 Å². The molecule has 0 radical (unpaired) electrons. The first kappa shape index (κ1) is 12.5. The summed E-state index contributed by atoms with van der Waals surface area (Å²) in [5, 5.41) is 3.55. The first-order valence-electron chi connectivity index (χ1n) is 4.67. The van der Waals surface area contributed by atoms with Gasteiger partial charge < -0.3 is 20.5 Å². The fourth-order valence-corrected chi connectivity index (χ4v) is 1.31. The zero-order valence-corrected chi connectivity index (χ0v) is 10.1. The standard InChI is InChI=1S/C11H15ClN2O2/c1-7(12)6-14-9-5-11(16-3)10(15-2)4-8(9)13/h4-5,14H,1,6,13H2,2-3H3. The smallest absolute Gasteiger partial charge is 0.162 e. The van der Waals surface area contributed by atoms with Crippen molar-refractivity contribution in [1.29, 1.82) is 0 Å². The Morgan fingerprint density at radius 3 is 2.44 bits per heavy atom. The number of anilines is 2. The van der Waals surface area contributed by atoms with E-state index in [1.165, 1.54) is 0 Å². The van der Waals surface area contributed by atoms with Gasteiger partial charge in [0.05, 0.1) is 32.1 Å². The molecule has 1 aromatic carbocycles. The fraction of sp³-hybridized carbons (Fsp3) is 0.273. The van der Waals surface area contributed by atoms with Crippen molar-refractivity contribution in [2.24, 2.45) is 0 Å². The van der Waals surface area contributed by atoms with E-state index in [2.05, 4.69) is 11.9 Å². The van der Waals surface area contributed by atoms with E-state index in [0.29, 0.717) is 28.8 Å². The van der Waals surface area contributed by atoms with Crippen molar-refractivity contribution in [2.45, 2.75) is 0 Å². The Hall–Kier alpha value is -1.55. The third kappa shape index (κ3) is 2.97. The van der Waals surface area contributed by atoms with Crippen LogP contribution < -0.4 is 20.5 Å². The molecule has 0 atom stereocenters. The van der Waals surface area contributed by atoms with Crippen LogP contribution in [-0.2, 0) is 0 Å². The summed E-state index contributed by atoms with van der Waals surface area (Å²) in [6, 6.07) is 3.45. The molecular formula is C11H15ClN2O2. The maximum Gasteiger partial charge on any atom is 0.162 e. The molecule has 0 saturated heterocycles. The molecule has 0 aliphatic rings. The van der Waals surface area contributed by atoms with Gasteiger partial charge in [-0.05, 0) is 0 Å². The highest BCUT2D eigenvalue weighted by molar-refractivity contribution is 6.29. The van der Waals surface area contributed by atoms with E-state index in [0.717, 1.165) is 5.69 Å². The van der Waals surface area contributed by atoms with Crippen molar-refractivity contribution in [2.75, 3.05) is 31.8 Å². The molecule has 0 aliphatic heterocycles. The molecular weight excluding hydrogens is 228 g/mol. The first-order valence-corrected chi connectivity index (χ1v) is 5.05. The highest BCUT2D eigenvalue weighted by Gasteiger charge is 2.08. The fourth-order valence-electron chi connectivity index (χ4n) is 1.24. The largest absolute Gasteiger partial charge is 0.493 e.